The second-order valence-corrected chi connectivity index (χ2v) is 4.87. The highest BCUT2D eigenvalue weighted by Gasteiger charge is 2.15. The lowest BCUT2D eigenvalue weighted by Gasteiger charge is -2.06. The molecule has 0 bridgehead atoms. The minimum Gasteiger partial charge on any atom is -0.339 e. The van der Waals surface area contributed by atoms with Crippen LogP contribution in [-0.2, 0) is 0 Å². The van der Waals surface area contributed by atoms with Crippen molar-refractivity contribution in [1.29, 1.82) is 0 Å². The van der Waals surface area contributed by atoms with Gasteiger partial charge in [-0.1, -0.05) is 11.8 Å². The molecule has 8 nitrogen and oxygen atoms in total. The fourth-order valence-electron chi connectivity index (χ4n) is 1.85. The zero-order valence-electron chi connectivity index (χ0n) is 12.8. The number of H-pyrrole nitrogens is 1. The lowest BCUT2D eigenvalue weighted by molar-refractivity contribution is -0.387. The largest absolute Gasteiger partial charge is 0.339 e. The molecule has 0 amide bonds. The molecule has 1 aromatic carbocycles. The predicted molar refractivity (Wildman–Crippen MR) is 79.9 cm³/mol. The van der Waals surface area contributed by atoms with Gasteiger partial charge in [0.05, 0.1) is 12.6 Å². The number of nitro groups is 1. The van der Waals surface area contributed by atoms with E-state index in [-0.39, 0.29) is 22.3 Å². The van der Waals surface area contributed by atoms with E-state index in [0.29, 0.717) is 22.7 Å². The fraction of sp³-hybridized carbons (Fsp3) is 0.0833. The van der Waals surface area contributed by atoms with Gasteiger partial charge in [-0.25, -0.2) is 14.4 Å². The van der Waals surface area contributed by atoms with Crippen molar-refractivity contribution >= 4 is 40.1 Å². The van der Waals surface area contributed by atoms with Gasteiger partial charge in [0.2, 0.25) is 5.65 Å². The Kier molecular flexibility index (Phi) is 3.20. The third-order valence-electron chi connectivity index (χ3n) is 2.76. The molecule has 0 aliphatic heterocycles. The maximum Gasteiger partial charge on any atom is 0.283 e. The molecule has 112 valence electrons. The molecule has 10 heteroatoms. The second kappa shape index (κ2) is 5.93. The van der Waals surface area contributed by atoms with E-state index in [1.54, 1.807) is 0 Å². The fourth-order valence-corrected chi connectivity index (χ4v) is 2.36. The van der Waals surface area contributed by atoms with Gasteiger partial charge >= 0.3 is 0 Å². The molecule has 0 aliphatic rings. The van der Waals surface area contributed by atoms with Crippen LogP contribution in [0.2, 0.25) is 0 Å². The van der Waals surface area contributed by atoms with E-state index in [0.717, 1.165) is 0 Å². The first kappa shape index (κ1) is 11.9. The Labute approximate surface area is 130 Å². The normalized spacial score (nSPS) is 12.8. The number of fused-ring (bicyclic) bond motifs is 1. The molecule has 0 fully saturated rings. The zero-order chi connectivity index (χ0) is 17.3. The summed E-state index contributed by atoms with van der Waals surface area (Å²) >= 11 is 0.117. The summed E-state index contributed by atoms with van der Waals surface area (Å²) in [5, 5.41) is 20.6. The van der Waals surface area contributed by atoms with Crippen molar-refractivity contribution in [3.63, 3.8) is 0 Å². The van der Waals surface area contributed by atoms with Gasteiger partial charge in [-0.05, 0) is 12.1 Å². The minimum atomic E-state index is -3.14. The van der Waals surface area contributed by atoms with Crippen LogP contribution in [0, 0.1) is 10.1 Å². The number of nitrogens with one attached hydrogen (secondary N) is 2. The van der Waals surface area contributed by atoms with Gasteiger partial charge in [0.25, 0.3) is 5.69 Å². The molecule has 0 atom stereocenters. The minimum absolute atomic E-state index is 0.117. The third kappa shape index (κ3) is 2.68. The number of nitrogens with zero attached hydrogens (tertiary/aromatic N) is 4. The van der Waals surface area contributed by atoms with Gasteiger partial charge in [0.15, 0.2) is 11.3 Å². The topological polar surface area (TPSA) is 110 Å². The maximum absolute atomic E-state index is 13.3. The van der Waals surface area contributed by atoms with Crippen LogP contribution in [0.15, 0.2) is 35.5 Å². The van der Waals surface area contributed by atoms with Crippen molar-refractivity contribution < 1.29 is 12.1 Å². The Morgan fingerprint density at radius 2 is 2.27 bits per heavy atom. The summed E-state index contributed by atoms with van der Waals surface area (Å²) in [6.07, 6.45) is 2.97. The molecule has 0 radical (unpaired) electrons. The number of benzene rings is 1. The van der Waals surface area contributed by atoms with Gasteiger partial charge in [-0.15, -0.1) is 0 Å². The molecule has 2 N–H and O–H groups in total. The number of rotatable bonds is 5. The van der Waals surface area contributed by atoms with Crippen LogP contribution in [0.1, 0.15) is 2.74 Å². The van der Waals surface area contributed by atoms with Crippen molar-refractivity contribution in [3.05, 3.63) is 40.7 Å². The first-order valence-electron chi connectivity index (χ1n) is 6.92. The Balaban J connectivity index is 1.96. The summed E-state index contributed by atoms with van der Waals surface area (Å²) in [4.78, 5) is 18.3. The number of aromatic amines is 1. The van der Waals surface area contributed by atoms with Crippen LogP contribution in [0.25, 0.3) is 11.2 Å². The molecule has 2 aromatic heterocycles. The van der Waals surface area contributed by atoms with Gasteiger partial charge in [-0.3, -0.25) is 15.2 Å². The van der Waals surface area contributed by atoms with E-state index < -0.39 is 10.9 Å². The van der Waals surface area contributed by atoms with Crippen LogP contribution >= 0.6 is 11.8 Å². The SMILES string of the molecule is [2H]C([2H])(F)Sc1cc(Nc2[nH]nc3nccnc23)ccc1[N+](=O)[O-]. The number of hydrogen-bond acceptors (Lipinski definition) is 7. The van der Waals surface area contributed by atoms with E-state index in [1.165, 1.54) is 30.6 Å². The van der Waals surface area contributed by atoms with Gasteiger partial charge in [0.1, 0.15) is 5.96 Å². The second-order valence-electron chi connectivity index (χ2n) is 4.07. The molecule has 2 heterocycles. The predicted octanol–water partition coefficient (Wildman–Crippen LogP) is 3.02. The first-order valence-corrected chi connectivity index (χ1v) is 6.73. The highest BCUT2D eigenvalue weighted by molar-refractivity contribution is 7.99. The lowest BCUT2D eigenvalue weighted by Crippen LogP contribution is -1.95. The molecule has 0 aliphatic carbocycles. The molecule has 3 rings (SSSR count). The molecular formula is C12H9FN6O2S. The van der Waals surface area contributed by atoms with Crippen LogP contribution in [0.4, 0.5) is 21.6 Å². The highest BCUT2D eigenvalue weighted by Crippen LogP contribution is 2.33. The van der Waals surface area contributed by atoms with E-state index in [4.69, 9.17) is 2.74 Å². The molecule has 22 heavy (non-hydrogen) atoms. The van der Waals surface area contributed by atoms with Crippen molar-refractivity contribution in [2.24, 2.45) is 0 Å². The number of anilines is 2. The summed E-state index contributed by atoms with van der Waals surface area (Å²) in [5.74, 6) is -2.73. The van der Waals surface area contributed by atoms with Crippen LogP contribution in [0.5, 0.6) is 0 Å². The summed E-state index contributed by atoms with van der Waals surface area (Å²) < 4.78 is 27.2. The van der Waals surface area contributed by atoms with Crippen LogP contribution in [0.3, 0.4) is 0 Å². The monoisotopic (exact) mass is 322 g/mol. The van der Waals surface area contributed by atoms with E-state index in [9.17, 15) is 14.5 Å². The highest BCUT2D eigenvalue weighted by atomic mass is 32.2. The first-order chi connectivity index (χ1) is 11.3. The summed E-state index contributed by atoms with van der Waals surface area (Å²) in [5.41, 5.74) is 0.840. The smallest absolute Gasteiger partial charge is 0.283 e. The Bertz CT molecular complexity index is 916. The average molecular weight is 322 g/mol. The number of alkyl halides is 1. The van der Waals surface area contributed by atoms with Crippen molar-refractivity contribution in [2.45, 2.75) is 4.90 Å². The summed E-state index contributed by atoms with van der Waals surface area (Å²) in [7, 11) is 0. The van der Waals surface area contributed by atoms with Crippen molar-refractivity contribution in [3.8, 4) is 0 Å². The van der Waals surface area contributed by atoms with Crippen molar-refractivity contribution in [2.75, 3.05) is 11.3 Å². The van der Waals surface area contributed by atoms with Crippen LogP contribution < -0.4 is 5.32 Å². The number of thioether (sulfide) groups is 1. The summed E-state index contributed by atoms with van der Waals surface area (Å²) in [6, 6.07) is 3.86. The lowest BCUT2D eigenvalue weighted by atomic mass is 10.3. The number of aromatic nitrogens is 4. The quantitative estimate of drug-likeness (QED) is 0.422. The van der Waals surface area contributed by atoms with Gasteiger partial charge in [-0.2, -0.15) is 5.10 Å². The molecular weight excluding hydrogens is 311 g/mol. The van der Waals surface area contributed by atoms with E-state index in [2.05, 4.69) is 25.5 Å². The standard InChI is InChI=1S/C12H9FN6O2S/c13-6-22-9-5-7(1-2-8(9)19(20)21)16-12-10-11(17-18-12)15-4-3-14-10/h1-5H,6H2,(H2,15,16,17,18)/i6D2. The number of hydrogen-bond donors (Lipinski definition) is 2. The van der Waals surface area contributed by atoms with Crippen molar-refractivity contribution in [1.82, 2.24) is 20.2 Å². The molecule has 0 unspecified atom stereocenters. The van der Waals surface area contributed by atoms with Gasteiger partial charge in [0, 0.05) is 24.1 Å². The number of halogens is 1. The third-order valence-corrected chi connectivity index (χ3v) is 3.39. The molecule has 0 saturated carbocycles. The van der Waals surface area contributed by atoms with Crippen LogP contribution in [-0.4, -0.2) is 31.0 Å². The molecule has 3 aromatic rings. The molecule has 0 saturated heterocycles. The van der Waals surface area contributed by atoms with E-state index >= 15 is 0 Å². The maximum atomic E-state index is 13.3. The average Bonchev–Trinajstić information content (AvgIpc) is 2.89. The number of nitro benzene ring substituents is 1. The Morgan fingerprint density at radius 3 is 3.05 bits per heavy atom. The van der Waals surface area contributed by atoms with E-state index in [1.807, 2.05) is 0 Å². The Hall–Kier alpha value is -2.75. The summed E-state index contributed by atoms with van der Waals surface area (Å²) in [6.45, 7) is 0. The Morgan fingerprint density at radius 1 is 1.45 bits per heavy atom. The zero-order valence-corrected chi connectivity index (χ0v) is 11.6. The van der Waals surface area contributed by atoms with Gasteiger partial charge < -0.3 is 5.32 Å². The molecule has 0 spiro atoms.